The summed E-state index contributed by atoms with van der Waals surface area (Å²) in [7, 11) is 0. The minimum absolute atomic E-state index is 0.169. The molecule has 0 aliphatic carbocycles. The van der Waals surface area contributed by atoms with Crippen molar-refractivity contribution in [2.45, 2.75) is 39.3 Å². The number of carbonyl (C=O) groups is 1. The fourth-order valence-electron chi connectivity index (χ4n) is 2.31. The van der Waals surface area contributed by atoms with E-state index in [1.54, 1.807) is 0 Å². The lowest BCUT2D eigenvalue weighted by Crippen LogP contribution is -2.44. The molecule has 1 amide bonds. The Bertz CT molecular complexity index is 688. The standard InChI is InChI=1S/C20H24FNO3/c1-4-18(25-17-11-9-16(21)10-12-17)20(23)22-15(3)13-24-19-8-6-5-7-14(19)2/h5-12,15,18H,4,13H2,1-3H3,(H,22,23)/t15-,18+/m0/s1. The molecular weight excluding hydrogens is 321 g/mol. The van der Waals surface area contributed by atoms with E-state index in [0.717, 1.165) is 11.3 Å². The molecule has 2 aromatic rings. The highest BCUT2D eigenvalue weighted by Gasteiger charge is 2.20. The number of benzene rings is 2. The summed E-state index contributed by atoms with van der Waals surface area (Å²) in [5, 5.41) is 2.89. The van der Waals surface area contributed by atoms with E-state index >= 15 is 0 Å². The lowest BCUT2D eigenvalue weighted by Gasteiger charge is -2.21. The number of amides is 1. The van der Waals surface area contributed by atoms with Crippen LogP contribution in [0.4, 0.5) is 4.39 Å². The summed E-state index contributed by atoms with van der Waals surface area (Å²) >= 11 is 0. The van der Waals surface area contributed by atoms with Gasteiger partial charge in [-0.1, -0.05) is 25.1 Å². The minimum atomic E-state index is -0.633. The van der Waals surface area contributed by atoms with Gasteiger partial charge in [0.25, 0.3) is 5.91 Å². The zero-order valence-corrected chi connectivity index (χ0v) is 14.8. The Hall–Kier alpha value is -2.56. The second-order valence-electron chi connectivity index (χ2n) is 5.95. The summed E-state index contributed by atoms with van der Waals surface area (Å²) in [6, 6.07) is 13.2. The van der Waals surface area contributed by atoms with E-state index in [1.807, 2.05) is 45.0 Å². The number of para-hydroxylation sites is 1. The van der Waals surface area contributed by atoms with Gasteiger partial charge in [0.05, 0.1) is 6.04 Å². The van der Waals surface area contributed by atoms with E-state index in [2.05, 4.69) is 5.32 Å². The van der Waals surface area contributed by atoms with Gasteiger partial charge in [-0.05, 0) is 56.2 Å². The molecule has 0 unspecified atom stereocenters. The molecule has 25 heavy (non-hydrogen) atoms. The van der Waals surface area contributed by atoms with Crippen LogP contribution in [0.25, 0.3) is 0 Å². The van der Waals surface area contributed by atoms with Crippen LogP contribution in [0, 0.1) is 12.7 Å². The lowest BCUT2D eigenvalue weighted by molar-refractivity contribution is -0.128. The third-order valence-electron chi connectivity index (χ3n) is 3.73. The maximum Gasteiger partial charge on any atom is 0.261 e. The second kappa shape index (κ2) is 9.06. The summed E-state index contributed by atoms with van der Waals surface area (Å²) in [5.74, 6) is 0.713. The normalized spacial score (nSPS) is 13.0. The van der Waals surface area contributed by atoms with Crippen LogP contribution >= 0.6 is 0 Å². The number of halogens is 1. The van der Waals surface area contributed by atoms with Crippen molar-refractivity contribution in [3.63, 3.8) is 0 Å². The Morgan fingerprint density at radius 2 is 1.84 bits per heavy atom. The molecule has 2 rings (SSSR count). The molecule has 0 aromatic heterocycles. The quantitative estimate of drug-likeness (QED) is 0.790. The van der Waals surface area contributed by atoms with Gasteiger partial charge in [-0.15, -0.1) is 0 Å². The summed E-state index contributed by atoms with van der Waals surface area (Å²) in [4.78, 5) is 12.4. The van der Waals surface area contributed by atoms with Gasteiger partial charge in [0.1, 0.15) is 23.9 Å². The first kappa shape index (κ1) is 18.8. The summed E-state index contributed by atoms with van der Waals surface area (Å²) in [5.41, 5.74) is 1.05. The molecule has 2 atom stereocenters. The first-order chi connectivity index (χ1) is 12.0. The SMILES string of the molecule is CC[C@@H](Oc1ccc(F)cc1)C(=O)N[C@@H](C)COc1ccccc1C. The molecule has 0 spiro atoms. The van der Waals surface area contributed by atoms with Crippen molar-refractivity contribution in [2.75, 3.05) is 6.61 Å². The molecular formula is C20H24FNO3. The van der Waals surface area contributed by atoms with Gasteiger partial charge in [0, 0.05) is 0 Å². The fraction of sp³-hybridized carbons (Fsp3) is 0.350. The maximum atomic E-state index is 12.9. The van der Waals surface area contributed by atoms with Crippen molar-refractivity contribution in [1.82, 2.24) is 5.32 Å². The molecule has 0 aliphatic rings. The number of carbonyl (C=O) groups excluding carboxylic acids is 1. The van der Waals surface area contributed by atoms with Crippen molar-refractivity contribution >= 4 is 5.91 Å². The predicted molar refractivity (Wildman–Crippen MR) is 95.4 cm³/mol. The topological polar surface area (TPSA) is 47.6 Å². The molecule has 0 heterocycles. The number of hydrogen-bond donors (Lipinski definition) is 1. The Morgan fingerprint density at radius 3 is 2.48 bits per heavy atom. The highest BCUT2D eigenvalue weighted by Crippen LogP contribution is 2.17. The Labute approximate surface area is 148 Å². The molecule has 0 fully saturated rings. The first-order valence-electron chi connectivity index (χ1n) is 8.40. The molecule has 0 aliphatic heterocycles. The van der Waals surface area contributed by atoms with Crippen LogP contribution in [0.1, 0.15) is 25.8 Å². The van der Waals surface area contributed by atoms with Crippen molar-refractivity contribution in [3.8, 4) is 11.5 Å². The fourth-order valence-corrected chi connectivity index (χ4v) is 2.31. The average Bonchev–Trinajstić information content (AvgIpc) is 2.60. The van der Waals surface area contributed by atoms with E-state index in [9.17, 15) is 9.18 Å². The molecule has 5 heteroatoms. The van der Waals surface area contributed by atoms with Gasteiger partial charge in [-0.25, -0.2) is 4.39 Å². The van der Waals surface area contributed by atoms with Gasteiger partial charge in [-0.2, -0.15) is 0 Å². The molecule has 0 bridgehead atoms. The van der Waals surface area contributed by atoms with E-state index < -0.39 is 6.10 Å². The highest BCUT2D eigenvalue weighted by atomic mass is 19.1. The zero-order valence-electron chi connectivity index (χ0n) is 14.8. The minimum Gasteiger partial charge on any atom is -0.491 e. The molecule has 0 saturated carbocycles. The summed E-state index contributed by atoms with van der Waals surface area (Å²) < 4.78 is 24.3. The smallest absolute Gasteiger partial charge is 0.261 e. The summed E-state index contributed by atoms with van der Waals surface area (Å²) in [6.45, 7) is 6.08. The van der Waals surface area contributed by atoms with Crippen LogP contribution < -0.4 is 14.8 Å². The molecule has 134 valence electrons. The zero-order chi connectivity index (χ0) is 18.2. The van der Waals surface area contributed by atoms with Crippen LogP contribution in [-0.2, 0) is 4.79 Å². The lowest BCUT2D eigenvalue weighted by atomic mass is 10.2. The number of ether oxygens (including phenoxy) is 2. The number of rotatable bonds is 8. The van der Waals surface area contributed by atoms with Gasteiger partial charge < -0.3 is 14.8 Å². The average molecular weight is 345 g/mol. The Balaban J connectivity index is 1.85. The van der Waals surface area contributed by atoms with Gasteiger partial charge in [0.15, 0.2) is 6.10 Å². The number of hydrogen-bond acceptors (Lipinski definition) is 3. The number of aryl methyl sites for hydroxylation is 1. The van der Waals surface area contributed by atoms with Crippen LogP contribution in [0.15, 0.2) is 48.5 Å². The molecule has 4 nitrogen and oxygen atoms in total. The molecule has 1 N–H and O–H groups in total. The predicted octanol–water partition coefficient (Wildman–Crippen LogP) is 3.88. The van der Waals surface area contributed by atoms with Crippen molar-refractivity contribution in [3.05, 3.63) is 59.9 Å². The second-order valence-corrected chi connectivity index (χ2v) is 5.95. The first-order valence-corrected chi connectivity index (χ1v) is 8.40. The van der Waals surface area contributed by atoms with Crippen LogP contribution in [0.5, 0.6) is 11.5 Å². The molecule has 0 saturated heterocycles. The van der Waals surface area contributed by atoms with E-state index in [4.69, 9.17) is 9.47 Å². The van der Waals surface area contributed by atoms with Crippen molar-refractivity contribution in [2.24, 2.45) is 0 Å². The third-order valence-corrected chi connectivity index (χ3v) is 3.73. The van der Waals surface area contributed by atoms with Crippen molar-refractivity contribution in [1.29, 1.82) is 0 Å². The van der Waals surface area contributed by atoms with E-state index in [0.29, 0.717) is 18.8 Å². The summed E-state index contributed by atoms with van der Waals surface area (Å²) in [6.07, 6.45) is -0.124. The van der Waals surface area contributed by atoms with E-state index in [-0.39, 0.29) is 17.8 Å². The Morgan fingerprint density at radius 1 is 1.16 bits per heavy atom. The van der Waals surface area contributed by atoms with Gasteiger partial charge >= 0.3 is 0 Å². The molecule has 2 aromatic carbocycles. The maximum absolute atomic E-state index is 12.9. The molecule has 0 radical (unpaired) electrons. The third kappa shape index (κ3) is 5.78. The monoisotopic (exact) mass is 345 g/mol. The van der Waals surface area contributed by atoms with Crippen molar-refractivity contribution < 1.29 is 18.7 Å². The van der Waals surface area contributed by atoms with Crippen LogP contribution in [0.3, 0.4) is 0 Å². The Kier molecular flexibility index (Phi) is 6.81. The number of nitrogens with one attached hydrogen (secondary N) is 1. The highest BCUT2D eigenvalue weighted by molar-refractivity contribution is 5.81. The van der Waals surface area contributed by atoms with Crippen LogP contribution in [-0.4, -0.2) is 24.7 Å². The van der Waals surface area contributed by atoms with E-state index in [1.165, 1.54) is 24.3 Å². The van der Waals surface area contributed by atoms with Gasteiger partial charge in [0.2, 0.25) is 0 Å². The van der Waals surface area contributed by atoms with Gasteiger partial charge in [-0.3, -0.25) is 4.79 Å². The largest absolute Gasteiger partial charge is 0.491 e. The van der Waals surface area contributed by atoms with Crippen LogP contribution in [0.2, 0.25) is 0 Å².